The van der Waals surface area contributed by atoms with E-state index in [1.165, 1.54) is 18.4 Å². The number of hydrogen-bond acceptors (Lipinski definition) is 2. The van der Waals surface area contributed by atoms with Gasteiger partial charge in [-0.1, -0.05) is 39.3 Å². The number of aryl methyl sites for hydroxylation is 1. The van der Waals surface area contributed by atoms with Gasteiger partial charge >= 0.3 is 0 Å². The quantitative estimate of drug-likeness (QED) is 0.728. The zero-order valence-corrected chi connectivity index (χ0v) is 12.9. The number of unbranched alkanes of at least 4 members (excludes halogenated alkanes) is 1. The van der Waals surface area contributed by atoms with Gasteiger partial charge in [-0.15, -0.1) is 0 Å². The maximum absolute atomic E-state index is 11.9. The third-order valence-electron chi connectivity index (χ3n) is 4.82. The van der Waals surface area contributed by atoms with Crippen molar-refractivity contribution in [3.05, 3.63) is 29.8 Å². The summed E-state index contributed by atoms with van der Waals surface area (Å²) in [5.74, 6) is 1.26. The molecule has 110 valence electrons. The number of carbonyl (C=O) groups is 1. The first-order valence-electron chi connectivity index (χ1n) is 7.95. The summed E-state index contributed by atoms with van der Waals surface area (Å²) in [5, 5.41) is 0. The Morgan fingerprint density at radius 3 is 2.30 bits per heavy atom. The Hall–Kier alpha value is -1.31. The maximum atomic E-state index is 11.9. The van der Waals surface area contributed by atoms with Crippen LogP contribution in [0.5, 0.6) is 5.75 Å². The summed E-state index contributed by atoms with van der Waals surface area (Å²) in [6, 6.07) is 8.38. The van der Waals surface area contributed by atoms with Crippen molar-refractivity contribution in [2.75, 3.05) is 0 Å². The smallest absolute Gasteiger partial charge is 0.146 e. The number of hydrogen-bond donors (Lipinski definition) is 0. The SMILES string of the molecule is CCCCc1ccc(OC2CC(=O)C2(CC)CC)cc1. The molecule has 0 heterocycles. The van der Waals surface area contributed by atoms with Crippen molar-refractivity contribution >= 4 is 5.78 Å². The molecule has 1 aliphatic rings. The number of benzene rings is 1. The van der Waals surface area contributed by atoms with Crippen LogP contribution < -0.4 is 4.74 Å². The monoisotopic (exact) mass is 274 g/mol. The average molecular weight is 274 g/mol. The highest BCUT2D eigenvalue weighted by molar-refractivity contribution is 5.92. The lowest BCUT2D eigenvalue weighted by Crippen LogP contribution is -2.56. The summed E-state index contributed by atoms with van der Waals surface area (Å²) in [5.41, 5.74) is 1.13. The molecule has 0 bridgehead atoms. The second kappa shape index (κ2) is 6.43. The number of ketones is 1. The number of Topliss-reactive ketones (excluding diaryl/α,β-unsaturated/α-hetero) is 1. The lowest BCUT2D eigenvalue weighted by molar-refractivity contribution is -0.153. The van der Waals surface area contributed by atoms with Crippen molar-refractivity contribution in [3.8, 4) is 5.75 Å². The van der Waals surface area contributed by atoms with Crippen LogP contribution in [0.3, 0.4) is 0 Å². The Balaban J connectivity index is 1.98. The summed E-state index contributed by atoms with van der Waals surface area (Å²) in [6.07, 6.45) is 5.96. The lowest BCUT2D eigenvalue weighted by Gasteiger charge is -2.46. The van der Waals surface area contributed by atoms with Gasteiger partial charge in [0.15, 0.2) is 0 Å². The zero-order valence-electron chi connectivity index (χ0n) is 12.9. The number of carbonyl (C=O) groups excluding carboxylic acids is 1. The van der Waals surface area contributed by atoms with Crippen LogP contribution in [0.2, 0.25) is 0 Å². The van der Waals surface area contributed by atoms with Crippen molar-refractivity contribution in [3.63, 3.8) is 0 Å². The molecule has 0 radical (unpaired) electrons. The van der Waals surface area contributed by atoms with Crippen LogP contribution in [-0.4, -0.2) is 11.9 Å². The molecule has 2 heteroatoms. The Bertz CT molecular complexity index is 443. The van der Waals surface area contributed by atoms with Crippen molar-refractivity contribution in [1.82, 2.24) is 0 Å². The normalized spacial score (nSPS) is 20.6. The van der Waals surface area contributed by atoms with Crippen LogP contribution in [0.15, 0.2) is 24.3 Å². The standard InChI is InChI=1S/C18H26O2/c1-4-7-8-14-9-11-15(12-10-14)20-17-13-16(19)18(17,5-2)6-3/h9-12,17H,4-8,13H2,1-3H3. The van der Waals surface area contributed by atoms with Gasteiger partial charge in [0.2, 0.25) is 0 Å². The maximum Gasteiger partial charge on any atom is 0.146 e. The molecule has 1 atom stereocenters. The molecule has 0 amide bonds. The summed E-state index contributed by atoms with van der Waals surface area (Å²) in [4.78, 5) is 11.9. The highest BCUT2D eigenvalue weighted by atomic mass is 16.5. The van der Waals surface area contributed by atoms with Crippen LogP contribution in [0.4, 0.5) is 0 Å². The van der Waals surface area contributed by atoms with Crippen LogP contribution in [0.1, 0.15) is 58.4 Å². The van der Waals surface area contributed by atoms with E-state index < -0.39 is 0 Å². The highest BCUT2D eigenvalue weighted by Gasteiger charge is 2.53. The molecule has 1 aliphatic carbocycles. The molecule has 0 aromatic heterocycles. The zero-order chi connectivity index (χ0) is 14.6. The molecule has 0 N–H and O–H groups in total. The van der Waals surface area contributed by atoms with E-state index in [0.717, 1.165) is 25.0 Å². The average Bonchev–Trinajstić information content (AvgIpc) is 2.47. The fraction of sp³-hybridized carbons (Fsp3) is 0.611. The molecule has 1 aromatic rings. The largest absolute Gasteiger partial charge is 0.489 e. The second-order valence-electron chi connectivity index (χ2n) is 5.84. The lowest BCUT2D eigenvalue weighted by atomic mass is 9.61. The Morgan fingerprint density at radius 1 is 1.15 bits per heavy atom. The molecule has 1 unspecified atom stereocenters. The first-order chi connectivity index (χ1) is 9.66. The van der Waals surface area contributed by atoms with Crippen molar-refractivity contribution in [2.45, 2.75) is 65.4 Å². The van der Waals surface area contributed by atoms with Gasteiger partial charge in [-0.2, -0.15) is 0 Å². The summed E-state index contributed by atoms with van der Waals surface area (Å²) in [6.45, 7) is 6.38. The molecule has 1 fully saturated rings. The summed E-state index contributed by atoms with van der Waals surface area (Å²) >= 11 is 0. The number of ether oxygens (including phenoxy) is 1. The van der Waals surface area contributed by atoms with E-state index in [1.807, 2.05) is 12.1 Å². The van der Waals surface area contributed by atoms with Crippen LogP contribution in [0.25, 0.3) is 0 Å². The van der Waals surface area contributed by atoms with E-state index in [9.17, 15) is 4.79 Å². The molecule has 1 saturated carbocycles. The van der Waals surface area contributed by atoms with Crippen molar-refractivity contribution in [2.24, 2.45) is 5.41 Å². The van der Waals surface area contributed by atoms with E-state index in [4.69, 9.17) is 4.74 Å². The first kappa shape index (κ1) is 15.1. The molecule has 0 aliphatic heterocycles. The molecule has 1 aromatic carbocycles. The van der Waals surface area contributed by atoms with Gasteiger partial charge < -0.3 is 4.74 Å². The highest BCUT2D eigenvalue weighted by Crippen LogP contribution is 2.45. The first-order valence-corrected chi connectivity index (χ1v) is 7.95. The minimum absolute atomic E-state index is 0.0616. The fourth-order valence-corrected chi connectivity index (χ4v) is 3.15. The summed E-state index contributed by atoms with van der Waals surface area (Å²) < 4.78 is 6.06. The third-order valence-corrected chi connectivity index (χ3v) is 4.82. The van der Waals surface area contributed by atoms with Crippen molar-refractivity contribution in [1.29, 1.82) is 0 Å². The minimum Gasteiger partial charge on any atom is -0.489 e. The second-order valence-corrected chi connectivity index (χ2v) is 5.84. The van der Waals surface area contributed by atoms with Gasteiger partial charge in [0.05, 0.1) is 5.41 Å². The molecular weight excluding hydrogens is 248 g/mol. The Kier molecular flexibility index (Phi) is 4.85. The van der Waals surface area contributed by atoms with Gasteiger partial charge in [-0.05, 0) is 43.4 Å². The molecule has 0 spiro atoms. The molecular formula is C18H26O2. The fourth-order valence-electron chi connectivity index (χ4n) is 3.15. The molecule has 0 saturated heterocycles. The van der Waals surface area contributed by atoms with E-state index in [0.29, 0.717) is 12.2 Å². The predicted octanol–water partition coefficient (Wildman–Crippen LogP) is 4.56. The van der Waals surface area contributed by atoms with E-state index >= 15 is 0 Å². The van der Waals surface area contributed by atoms with Gasteiger partial charge in [0, 0.05) is 6.42 Å². The van der Waals surface area contributed by atoms with Gasteiger partial charge in [0.25, 0.3) is 0 Å². The van der Waals surface area contributed by atoms with Crippen molar-refractivity contribution < 1.29 is 9.53 Å². The van der Waals surface area contributed by atoms with E-state index in [1.54, 1.807) is 0 Å². The minimum atomic E-state index is -0.235. The van der Waals surface area contributed by atoms with Crippen LogP contribution in [0, 0.1) is 5.41 Å². The molecule has 2 nitrogen and oxygen atoms in total. The predicted molar refractivity (Wildman–Crippen MR) is 82.1 cm³/mol. The van der Waals surface area contributed by atoms with E-state index in [-0.39, 0.29) is 11.5 Å². The van der Waals surface area contributed by atoms with Crippen LogP contribution >= 0.6 is 0 Å². The van der Waals surface area contributed by atoms with Gasteiger partial charge in [-0.25, -0.2) is 0 Å². The Labute approximate surface area is 122 Å². The van der Waals surface area contributed by atoms with Crippen LogP contribution in [-0.2, 0) is 11.2 Å². The van der Waals surface area contributed by atoms with E-state index in [2.05, 4.69) is 32.9 Å². The summed E-state index contributed by atoms with van der Waals surface area (Å²) in [7, 11) is 0. The molecule has 2 rings (SSSR count). The third kappa shape index (κ3) is 2.74. The topological polar surface area (TPSA) is 26.3 Å². The molecule has 20 heavy (non-hydrogen) atoms. The van der Waals surface area contributed by atoms with Gasteiger partial charge in [-0.3, -0.25) is 4.79 Å². The van der Waals surface area contributed by atoms with Gasteiger partial charge in [0.1, 0.15) is 17.6 Å². The Morgan fingerprint density at radius 2 is 1.80 bits per heavy atom. The number of rotatable bonds is 7.